The van der Waals surface area contributed by atoms with Gasteiger partial charge in [-0.25, -0.2) is 4.98 Å². The van der Waals surface area contributed by atoms with Crippen molar-refractivity contribution in [2.24, 2.45) is 7.05 Å². The summed E-state index contributed by atoms with van der Waals surface area (Å²) in [5.74, 6) is 3.72. The third kappa shape index (κ3) is 2.70. The molecule has 1 aromatic carbocycles. The van der Waals surface area contributed by atoms with Crippen molar-refractivity contribution < 1.29 is 0 Å². The van der Waals surface area contributed by atoms with Gasteiger partial charge in [0.2, 0.25) is 0 Å². The Labute approximate surface area is 130 Å². The maximum absolute atomic E-state index is 6.07. The zero-order chi connectivity index (χ0) is 14.8. The minimum atomic E-state index is 0.368. The molecule has 0 bridgehead atoms. The van der Waals surface area contributed by atoms with Gasteiger partial charge in [-0.15, -0.1) is 6.42 Å². The van der Waals surface area contributed by atoms with E-state index in [-0.39, 0.29) is 0 Å². The molecule has 3 rings (SSSR count). The zero-order valence-electron chi connectivity index (χ0n) is 12.1. The number of halogens is 1. The van der Waals surface area contributed by atoms with Crippen molar-refractivity contribution in [2.45, 2.75) is 25.4 Å². The topological polar surface area (TPSA) is 21.1 Å². The summed E-state index contributed by atoms with van der Waals surface area (Å²) in [5.41, 5.74) is 2.83. The Balaban J connectivity index is 1.86. The maximum atomic E-state index is 6.07. The van der Waals surface area contributed by atoms with Crippen LogP contribution in [0, 0.1) is 12.3 Å². The molecule has 108 valence electrons. The second-order valence-corrected chi connectivity index (χ2v) is 5.81. The Hall–Kier alpha value is -1.76. The lowest BCUT2D eigenvalue weighted by atomic mass is 10.1. The number of terminal acetylenes is 1. The quantitative estimate of drug-likeness (QED) is 0.809. The predicted octanol–water partition coefficient (Wildman–Crippen LogP) is 3.20. The van der Waals surface area contributed by atoms with Crippen molar-refractivity contribution in [1.82, 2.24) is 14.5 Å². The van der Waals surface area contributed by atoms with E-state index >= 15 is 0 Å². The second-order valence-electron chi connectivity index (χ2n) is 5.42. The molecule has 1 atom stereocenters. The highest BCUT2D eigenvalue weighted by Crippen LogP contribution is 2.36. The van der Waals surface area contributed by atoms with Crippen LogP contribution in [0.5, 0.6) is 0 Å². The molecule has 0 amide bonds. The molecule has 1 aliphatic carbocycles. The lowest BCUT2D eigenvalue weighted by Crippen LogP contribution is -2.28. The van der Waals surface area contributed by atoms with Crippen molar-refractivity contribution in [3.8, 4) is 12.3 Å². The minimum absolute atomic E-state index is 0.368. The van der Waals surface area contributed by atoms with Crippen LogP contribution in [0.15, 0.2) is 30.5 Å². The highest BCUT2D eigenvalue weighted by atomic mass is 35.5. The molecule has 0 aliphatic heterocycles. The highest BCUT2D eigenvalue weighted by Gasteiger charge is 2.28. The molecular weight excluding hydrogens is 282 g/mol. The monoisotopic (exact) mass is 299 g/mol. The number of imidazole rings is 1. The molecule has 4 heteroatoms. The van der Waals surface area contributed by atoms with Crippen molar-refractivity contribution in [1.29, 1.82) is 0 Å². The van der Waals surface area contributed by atoms with Gasteiger partial charge in [-0.2, -0.15) is 0 Å². The third-order valence-corrected chi connectivity index (χ3v) is 4.56. The first-order valence-corrected chi connectivity index (χ1v) is 7.50. The van der Waals surface area contributed by atoms with Gasteiger partial charge in [0.25, 0.3) is 0 Å². The van der Waals surface area contributed by atoms with Gasteiger partial charge in [0.1, 0.15) is 11.0 Å². The summed E-state index contributed by atoms with van der Waals surface area (Å²) in [6, 6.07) is 8.99. The van der Waals surface area contributed by atoms with E-state index in [1.165, 1.54) is 11.1 Å². The summed E-state index contributed by atoms with van der Waals surface area (Å²) >= 11 is 6.07. The lowest BCUT2D eigenvalue weighted by Gasteiger charge is -2.27. The van der Waals surface area contributed by atoms with Gasteiger partial charge in [0.05, 0.1) is 19.3 Å². The Bertz CT molecular complexity index is 684. The van der Waals surface area contributed by atoms with Gasteiger partial charge >= 0.3 is 0 Å². The van der Waals surface area contributed by atoms with E-state index in [4.69, 9.17) is 18.0 Å². The number of aromatic nitrogens is 2. The standard InChI is InChI=1S/C17H18ClN3/c1-3-10-21(12-17-19-11-16(18)20(17)2)15-9-8-13-6-4-5-7-14(13)15/h1,4-7,11,15H,8-10,12H2,2H3/t15-/m1/s1. The normalized spacial score (nSPS) is 17.0. The first-order valence-electron chi connectivity index (χ1n) is 7.12. The fourth-order valence-electron chi connectivity index (χ4n) is 3.06. The van der Waals surface area contributed by atoms with Crippen molar-refractivity contribution in [2.75, 3.05) is 6.54 Å². The van der Waals surface area contributed by atoms with Crippen LogP contribution < -0.4 is 0 Å². The molecule has 0 saturated heterocycles. The molecule has 3 nitrogen and oxygen atoms in total. The second kappa shape index (κ2) is 5.93. The van der Waals surface area contributed by atoms with Crippen LogP contribution in [0.3, 0.4) is 0 Å². The van der Waals surface area contributed by atoms with Crippen molar-refractivity contribution in [3.05, 3.63) is 52.6 Å². The Morgan fingerprint density at radius 2 is 2.29 bits per heavy atom. The first kappa shape index (κ1) is 14.2. The van der Waals surface area contributed by atoms with Crippen LogP contribution in [0.1, 0.15) is 29.4 Å². The number of hydrogen-bond donors (Lipinski definition) is 0. The first-order chi connectivity index (χ1) is 10.2. The van der Waals surface area contributed by atoms with E-state index in [1.54, 1.807) is 6.20 Å². The van der Waals surface area contributed by atoms with Gasteiger partial charge in [-0.05, 0) is 24.0 Å². The van der Waals surface area contributed by atoms with Crippen molar-refractivity contribution in [3.63, 3.8) is 0 Å². The van der Waals surface area contributed by atoms with Crippen molar-refractivity contribution >= 4 is 11.6 Å². The summed E-state index contributed by atoms with van der Waals surface area (Å²) in [6.07, 6.45) is 9.48. The van der Waals surface area contributed by atoms with Crippen LogP contribution in [-0.4, -0.2) is 21.0 Å². The van der Waals surface area contributed by atoms with E-state index in [0.717, 1.165) is 18.7 Å². The summed E-state index contributed by atoms with van der Waals surface area (Å²) in [5, 5.41) is 0.650. The zero-order valence-corrected chi connectivity index (χ0v) is 12.8. The van der Waals surface area contributed by atoms with Gasteiger partial charge in [0, 0.05) is 13.1 Å². The number of fused-ring (bicyclic) bond motifs is 1. The molecule has 0 radical (unpaired) electrons. The van der Waals surface area contributed by atoms with Gasteiger partial charge in [-0.1, -0.05) is 41.8 Å². The molecule has 21 heavy (non-hydrogen) atoms. The fourth-order valence-corrected chi connectivity index (χ4v) is 3.21. The van der Waals surface area contributed by atoms with Crippen LogP contribution in [0.2, 0.25) is 5.15 Å². The molecular formula is C17H18ClN3. The third-order valence-electron chi connectivity index (χ3n) is 4.21. The molecule has 0 N–H and O–H groups in total. The van der Waals surface area contributed by atoms with E-state index in [9.17, 15) is 0 Å². The number of hydrogen-bond acceptors (Lipinski definition) is 2. The van der Waals surface area contributed by atoms with Gasteiger partial charge in [-0.3, -0.25) is 4.90 Å². The van der Waals surface area contributed by atoms with Crippen LogP contribution in [0.4, 0.5) is 0 Å². The Morgan fingerprint density at radius 3 is 3.00 bits per heavy atom. The maximum Gasteiger partial charge on any atom is 0.128 e. The lowest BCUT2D eigenvalue weighted by molar-refractivity contribution is 0.206. The Kier molecular flexibility index (Phi) is 4.01. The van der Waals surface area contributed by atoms with Crippen LogP contribution in [-0.2, 0) is 20.0 Å². The molecule has 2 aromatic rings. The molecule has 0 fully saturated rings. The smallest absolute Gasteiger partial charge is 0.128 e. The van der Waals surface area contributed by atoms with Gasteiger partial charge < -0.3 is 4.57 Å². The number of nitrogens with zero attached hydrogens (tertiary/aromatic N) is 3. The molecule has 1 heterocycles. The molecule has 1 aromatic heterocycles. The fraction of sp³-hybridized carbons (Fsp3) is 0.353. The number of rotatable bonds is 4. The predicted molar refractivity (Wildman–Crippen MR) is 85.0 cm³/mol. The number of benzene rings is 1. The molecule has 0 saturated carbocycles. The largest absolute Gasteiger partial charge is 0.321 e. The van der Waals surface area contributed by atoms with E-state index in [1.807, 2.05) is 11.6 Å². The van der Waals surface area contributed by atoms with Crippen LogP contribution >= 0.6 is 11.6 Å². The van der Waals surface area contributed by atoms with E-state index in [2.05, 4.69) is 40.1 Å². The average molecular weight is 300 g/mol. The Morgan fingerprint density at radius 1 is 1.48 bits per heavy atom. The molecule has 0 unspecified atom stereocenters. The summed E-state index contributed by atoms with van der Waals surface area (Å²) in [7, 11) is 1.93. The van der Waals surface area contributed by atoms with E-state index in [0.29, 0.717) is 24.3 Å². The summed E-state index contributed by atoms with van der Waals surface area (Å²) in [4.78, 5) is 6.70. The van der Waals surface area contributed by atoms with E-state index < -0.39 is 0 Å². The molecule has 0 spiro atoms. The average Bonchev–Trinajstić information content (AvgIpc) is 3.05. The summed E-state index contributed by atoms with van der Waals surface area (Å²) in [6.45, 7) is 1.33. The highest BCUT2D eigenvalue weighted by molar-refractivity contribution is 6.29. The minimum Gasteiger partial charge on any atom is -0.321 e. The van der Waals surface area contributed by atoms with Gasteiger partial charge in [0.15, 0.2) is 0 Å². The SMILES string of the molecule is C#CCN(Cc1ncc(Cl)n1C)[C@@H]1CCc2ccccc21. The van der Waals surface area contributed by atoms with Crippen LogP contribution in [0.25, 0.3) is 0 Å². The molecule has 1 aliphatic rings. The summed E-state index contributed by atoms with van der Waals surface area (Å²) < 4.78 is 1.91. The number of aryl methyl sites for hydroxylation is 1.